The van der Waals surface area contributed by atoms with Crippen molar-refractivity contribution in [2.75, 3.05) is 13.2 Å². The molecule has 0 saturated carbocycles. The van der Waals surface area contributed by atoms with Gasteiger partial charge in [-0.3, -0.25) is 0 Å². The normalized spacial score (nSPS) is 25.8. The van der Waals surface area contributed by atoms with Crippen molar-refractivity contribution in [1.29, 1.82) is 0 Å². The van der Waals surface area contributed by atoms with Gasteiger partial charge in [-0.1, -0.05) is 91.9 Å². The zero-order valence-electron chi connectivity index (χ0n) is 18.6. The molecule has 2 aliphatic heterocycles. The zero-order chi connectivity index (χ0) is 19.5. The number of epoxide rings is 2. The summed E-state index contributed by atoms with van der Waals surface area (Å²) in [6, 6.07) is 0. The van der Waals surface area contributed by atoms with Crippen LogP contribution in [0.4, 0.5) is 0 Å². The molecule has 0 aliphatic carbocycles. The van der Waals surface area contributed by atoms with Gasteiger partial charge in [0.25, 0.3) is 0 Å². The van der Waals surface area contributed by atoms with Gasteiger partial charge in [0.15, 0.2) is 0 Å². The third-order valence-corrected chi connectivity index (χ3v) is 6.27. The van der Waals surface area contributed by atoms with Crippen molar-refractivity contribution in [1.82, 2.24) is 0 Å². The van der Waals surface area contributed by atoms with Crippen molar-refractivity contribution in [3.8, 4) is 0 Å². The van der Waals surface area contributed by atoms with Gasteiger partial charge in [0, 0.05) is 0 Å². The molecule has 2 saturated heterocycles. The molecule has 0 N–H and O–H groups in total. The molecule has 0 radical (unpaired) electrons. The lowest BCUT2D eigenvalue weighted by Gasteiger charge is -2.27. The van der Waals surface area contributed by atoms with Crippen LogP contribution in [-0.4, -0.2) is 37.6 Å². The van der Waals surface area contributed by atoms with E-state index in [0.29, 0.717) is 12.2 Å². The molecule has 27 heavy (non-hydrogen) atoms. The molecule has 0 bridgehead atoms. The van der Waals surface area contributed by atoms with Gasteiger partial charge in [-0.2, -0.15) is 0 Å². The minimum absolute atomic E-state index is 0.271. The minimum atomic E-state index is 0.271. The quantitative estimate of drug-likeness (QED) is 0.200. The topological polar surface area (TPSA) is 34.3 Å². The fourth-order valence-electron chi connectivity index (χ4n) is 4.22. The lowest BCUT2D eigenvalue weighted by Crippen LogP contribution is -2.33. The molecule has 0 aromatic heterocycles. The highest BCUT2D eigenvalue weighted by Gasteiger charge is 2.41. The van der Waals surface area contributed by atoms with Crippen LogP contribution in [0.15, 0.2) is 0 Å². The Morgan fingerprint density at radius 1 is 0.704 bits per heavy atom. The van der Waals surface area contributed by atoms with E-state index in [4.69, 9.17) is 14.2 Å². The number of rotatable bonds is 18. The smallest absolute Gasteiger partial charge is 0.107 e. The molecule has 2 rings (SSSR count). The van der Waals surface area contributed by atoms with E-state index < -0.39 is 0 Å². The molecule has 6 unspecified atom stereocenters. The van der Waals surface area contributed by atoms with Crippen LogP contribution < -0.4 is 0 Å². The van der Waals surface area contributed by atoms with Gasteiger partial charge in [-0.05, 0) is 24.7 Å². The van der Waals surface area contributed by atoms with Crippen molar-refractivity contribution in [2.45, 2.75) is 129 Å². The molecule has 0 spiro atoms. The third-order valence-electron chi connectivity index (χ3n) is 6.27. The Morgan fingerprint density at radius 2 is 1.11 bits per heavy atom. The van der Waals surface area contributed by atoms with Crippen LogP contribution >= 0.6 is 0 Å². The van der Waals surface area contributed by atoms with Crippen LogP contribution in [0.5, 0.6) is 0 Å². The molecule has 2 aliphatic rings. The Morgan fingerprint density at radius 3 is 1.44 bits per heavy atom. The summed E-state index contributed by atoms with van der Waals surface area (Å²) >= 11 is 0. The minimum Gasteiger partial charge on any atom is -0.370 e. The molecule has 3 nitrogen and oxygen atoms in total. The summed E-state index contributed by atoms with van der Waals surface area (Å²) in [4.78, 5) is 0. The Hall–Kier alpha value is -0.120. The Kier molecular flexibility index (Phi) is 11.3. The number of unbranched alkanes of at least 4 members (excludes halogenated alkanes) is 6. The highest BCUT2D eigenvalue weighted by atomic mass is 16.6. The Bertz CT molecular complexity index is 331. The van der Waals surface area contributed by atoms with Gasteiger partial charge in [0.1, 0.15) is 12.2 Å². The first-order valence-corrected chi connectivity index (χ1v) is 12.0. The highest BCUT2D eigenvalue weighted by Crippen LogP contribution is 2.32. The summed E-state index contributed by atoms with van der Waals surface area (Å²) in [7, 11) is 0. The fourth-order valence-corrected chi connectivity index (χ4v) is 4.22. The van der Waals surface area contributed by atoms with Crippen LogP contribution in [0.1, 0.15) is 105 Å². The lowest BCUT2D eigenvalue weighted by molar-refractivity contribution is -0.0570. The van der Waals surface area contributed by atoms with Gasteiger partial charge < -0.3 is 14.2 Å². The van der Waals surface area contributed by atoms with E-state index >= 15 is 0 Å². The second-order valence-electron chi connectivity index (χ2n) is 9.34. The van der Waals surface area contributed by atoms with Gasteiger partial charge in [0.2, 0.25) is 0 Å². The van der Waals surface area contributed by atoms with E-state index in [2.05, 4.69) is 27.7 Å². The summed E-state index contributed by atoms with van der Waals surface area (Å²) in [6.45, 7) is 11.1. The van der Waals surface area contributed by atoms with Gasteiger partial charge in [0.05, 0.1) is 25.4 Å². The molecule has 0 aromatic carbocycles. The standard InChI is InChI=1S/C24H46O3/c1-5-7-9-11-13-19(3)15-21(23-17-25-23)27-22(24-18-26-24)16-20(4)14-12-10-8-6-2/h19-24H,5-18H2,1-4H3. The van der Waals surface area contributed by atoms with E-state index in [1.54, 1.807) is 0 Å². The summed E-state index contributed by atoms with van der Waals surface area (Å²) in [6.07, 6.45) is 17.0. The van der Waals surface area contributed by atoms with Crippen LogP contribution in [0.2, 0.25) is 0 Å². The number of hydrogen-bond donors (Lipinski definition) is 0. The molecule has 160 valence electrons. The number of hydrogen-bond acceptors (Lipinski definition) is 3. The summed E-state index contributed by atoms with van der Waals surface area (Å²) in [5.74, 6) is 1.45. The van der Waals surface area contributed by atoms with Crippen LogP contribution in [0.3, 0.4) is 0 Å². The van der Waals surface area contributed by atoms with Crippen LogP contribution in [-0.2, 0) is 14.2 Å². The maximum Gasteiger partial charge on any atom is 0.107 e. The van der Waals surface area contributed by atoms with E-state index in [1.807, 2.05) is 0 Å². The number of ether oxygens (including phenoxy) is 3. The molecule has 3 heteroatoms. The third kappa shape index (κ3) is 10.3. The average Bonchev–Trinajstić information content (AvgIpc) is 3.53. The van der Waals surface area contributed by atoms with E-state index in [9.17, 15) is 0 Å². The first kappa shape index (κ1) is 23.2. The predicted molar refractivity (Wildman–Crippen MR) is 113 cm³/mol. The van der Waals surface area contributed by atoms with Crippen LogP contribution in [0.25, 0.3) is 0 Å². The Balaban J connectivity index is 1.72. The maximum absolute atomic E-state index is 6.64. The first-order chi connectivity index (χ1) is 13.1. The SMILES string of the molecule is CCCCCCC(C)CC(OC(CC(C)CCCCCC)C1CO1)C1CO1. The largest absolute Gasteiger partial charge is 0.370 e. The zero-order valence-corrected chi connectivity index (χ0v) is 18.6. The molecule has 6 atom stereocenters. The fraction of sp³-hybridized carbons (Fsp3) is 1.00. The van der Waals surface area contributed by atoms with E-state index in [0.717, 1.165) is 37.9 Å². The average molecular weight is 383 g/mol. The molecule has 2 fully saturated rings. The monoisotopic (exact) mass is 382 g/mol. The van der Waals surface area contributed by atoms with Crippen molar-refractivity contribution in [3.05, 3.63) is 0 Å². The van der Waals surface area contributed by atoms with Gasteiger partial charge >= 0.3 is 0 Å². The summed E-state index contributed by atoms with van der Waals surface area (Å²) in [5, 5.41) is 0. The van der Waals surface area contributed by atoms with Crippen molar-refractivity contribution in [3.63, 3.8) is 0 Å². The Labute approximate surface area is 168 Å². The summed E-state index contributed by atoms with van der Waals surface area (Å²) in [5.41, 5.74) is 0. The van der Waals surface area contributed by atoms with E-state index in [-0.39, 0.29) is 12.2 Å². The van der Waals surface area contributed by atoms with Gasteiger partial charge in [-0.25, -0.2) is 0 Å². The second-order valence-corrected chi connectivity index (χ2v) is 9.34. The molecule has 0 amide bonds. The second kappa shape index (κ2) is 13.2. The van der Waals surface area contributed by atoms with Crippen molar-refractivity contribution < 1.29 is 14.2 Å². The molecule has 0 aromatic rings. The summed E-state index contributed by atoms with van der Waals surface area (Å²) < 4.78 is 17.9. The first-order valence-electron chi connectivity index (χ1n) is 12.0. The van der Waals surface area contributed by atoms with Crippen LogP contribution in [0, 0.1) is 11.8 Å². The highest BCUT2D eigenvalue weighted by molar-refractivity contribution is 4.87. The predicted octanol–water partition coefficient (Wildman–Crippen LogP) is 6.53. The maximum atomic E-state index is 6.64. The molecular formula is C24H46O3. The van der Waals surface area contributed by atoms with Crippen molar-refractivity contribution in [2.24, 2.45) is 11.8 Å². The molecular weight excluding hydrogens is 336 g/mol. The molecule has 2 heterocycles. The lowest BCUT2D eigenvalue weighted by atomic mass is 9.93. The van der Waals surface area contributed by atoms with Crippen molar-refractivity contribution >= 4 is 0 Å². The van der Waals surface area contributed by atoms with E-state index in [1.165, 1.54) is 64.2 Å². The van der Waals surface area contributed by atoms with Gasteiger partial charge in [-0.15, -0.1) is 0 Å².